The van der Waals surface area contributed by atoms with Gasteiger partial charge in [-0.15, -0.1) is 0 Å². The Morgan fingerprint density at radius 1 is 1.13 bits per heavy atom. The summed E-state index contributed by atoms with van der Waals surface area (Å²) in [4.78, 5) is 12.2. The zero-order valence-corrected chi connectivity index (χ0v) is 12.8. The van der Waals surface area contributed by atoms with E-state index >= 15 is 0 Å². The van der Waals surface area contributed by atoms with E-state index in [9.17, 15) is 17.6 Å². The van der Waals surface area contributed by atoms with Gasteiger partial charge in [-0.25, -0.2) is 4.39 Å². The largest absolute Gasteiger partial charge is 0.452 e. The number of allylic oxidation sites excluding steroid dienone is 1. The Labute approximate surface area is 132 Å². The van der Waals surface area contributed by atoms with Crippen molar-refractivity contribution in [2.45, 2.75) is 0 Å². The van der Waals surface area contributed by atoms with Gasteiger partial charge in [-0.2, -0.15) is 8.42 Å². The minimum Gasteiger partial charge on any atom is -0.452 e. The fourth-order valence-electron chi connectivity index (χ4n) is 2.10. The molecule has 0 aliphatic carbocycles. The molecular formula is C16H11FO5S. The topological polar surface area (TPSA) is 69.7 Å². The summed E-state index contributed by atoms with van der Waals surface area (Å²) in [6.07, 6.45) is 2.41. The molecule has 0 N–H and O–H groups in total. The molecular weight excluding hydrogens is 323 g/mol. The number of ether oxygens (including phenoxy) is 1. The van der Waals surface area contributed by atoms with Crippen molar-refractivity contribution in [3.8, 4) is 11.5 Å². The van der Waals surface area contributed by atoms with Crippen molar-refractivity contribution >= 4 is 22.0 Å². The molecule has 0 amide bonds. The maximum absolute atomic E-state index is 12.9. The molecule has 0 fully saturated rings. The molecule has 0 spiro atoms. The molecule has 1 aliphatic heterocycles. The molecule has 0 unspecified atom stereocenters. The lowest BCUT2D eigenvalue weighted by atomic mass is 10.1. The quantitative estimate of drug-likeness (QED) is 0.638. The summed E-state index contributed by atoms with van der Waals surface area (Å²) in [5.74, 6) is -0.374. The van der Waals surface area contributed by atoms with Crippen LogP contribution in [0.3, 0.4) is 0 Å². The molecule has 3 rings (SSSR count). The summed E-state index contributed by atoms with van der Waals surface area (Å²) < 4.78 is 45.3. The SMILES string of the molecule is CS(=O)(=O)Oc1ccc2c(c1)OC(=Cc1ccc(F)cc1)C2=O. The van der Waals surface area contributed by atoms with Gasteiger partial charge in [-0.1, -0.05) is 12.1 Å². The van der Waals surface area contributed by atoms with Gasteiger partial charge in [0, 0.05) is 6.07 Å². The van der Waals surface area contributed by atoms with E-state index in [1.165, 1.54) is 48.5 Å². The Morgan fingerprint density at radius 2 is 1.83 bits per heavy atom. The van der Waals surface area contributed by atoms with Crippen LogP contribution in [0.2, 0.25) is 0 Å². The molecule has 0 saturated carbocycles. The Morgan fingerprint density at radius 3 is 2.48 bits per heavy atom. The fraction of sp³-hybridized carbons (Fsp3) is 0.0625. The van der Waals surface area contributed by atoms with Crippen molar-refractivity contribution in [3.63, 3.8) is 0 Å². The molecule has 0 atom stereocenters. The Bertz CT molecular complexity index is 914. The summed E-state index contributed by atoms with van der Waals surface area (Å²) in [5.41, 5.74) is 0.911. The van der Waals surface area contributed by atoms with Crippen LogP contribution in [0, 0.1) is 5.82 Å². The Balaban J connectivity index is 1.91. The molecule has 0 aromatic heterocycles. The molecule has 2 aromatic rings. The zero-order valence-electron chi connectivity index (χ0n) is 11.9. The predicted molar refractivity (Wildman–Crippen MR) is 81.2 cm³/mol. The Kier molecular flexibility index (Phi) is 3.65. The van der Waals surface area contributed by atoms with E-state index in [0.29, 0.717) is 11.1 Å². The smallest absolute Gasteiger partial charge is 0.306 e. The van der Waals surface area contributed by atoms with Crippen molar-refractivity contribution < 1.29 is 26.5 Å². The van der Waals surface area contributed by atoms with E-state index in [1.807, 2.05) is 0 Å². The van der Waals surface area contributed by atoms with Crippen molar-refractivity contribution in [1.82, 2.24) is 0 Å². The summed E-state index contributed by atoms with van der Waals surface area (Å²) in [6, 6.07) is 9.72. The number of fused-ring (bicyclic) bond motifs is 1. The van der Waals surface area contributed by atoms with Crippen LogP contribution in [0.4, 0.5) is 4.39 Å². The second-order valence-electron chi connectivity index (χ2n) is 4.94. The number of carbonyl (C=O) groups excluding carboxylic acids is 1. The maximum atomic E-state index is 12.9. The van der Waals surface area contributed by atoms with Gasteiger partial charge in [0.2, 0.25) is 5.78 Å². The Hall–Kier alpha value is -2.67. The van der Waals surface area contributed by atoms with E-state index in [-0.39, 0.29) is 28.9 Å². The van der Waals surface area contributed by atoms with Gasteiger partial charge in [0.05, 0.1) is 11.8 Å². The van der Waals surface area contributed by atoms with Crippen molar-refractivity contribution in [3.05, 3.63) is 65.2 Å². The van der Waals surface area contributed by atoms with Gasteiger partial charge in [0.25, 0.3) is 0 Å². The van der Waals surface area contributed by atoms with Gasteiger partial charge < -0.3 is 8.92 Å². The van der Waals surface area contributed by atoms with E-state index in [1.54, 1.807) is 0 Å². The van der Waals surface area contributed by atoms with Crippen LogP contribution in [0.25, 0.3) is 6.08 Å². The summed E-state index contributed by atoms with van der Waals surface area (Å²) in [6.45, 7) is 0. The van der Waals surface area contributed by atoms with E-state index in [2.05, 4.69) is 0 Å². The number of rotatable bonds is 3. The standard InChI is InChI=1S/C16H11FO5S/c1-23(19,20)22-12-6-7-13-14(9-12)21-15(16(13)18)8-10-2-4-11(17)5-3-10/h2-9H,1H3. The van der Waals surface area contributed by atoms with E-state index < -0.39 is 10.1 Å². The number of halogens is 1. The second-order valence-corrected chi connectivity index (χ2v) is 6.51. The van der Waals surface area contributed by atoms with Crippen molar-refractivity contribution in [2.75, 3.05) is 6.26 Å². The maximum Gasteiger partial charge on any atom is 0.306 e. The summed E-state index contributed by atoms with van der Waals surface area (Å²) in [5, 5.41) is 0. The van der Waals surface area contributed by atoms with Gasteiger partial charge >= 0.3 is 10.1 Å². The zero-order chi connectivity index (χ0) is 16.6. The molecule has 5 nitrogen and oxygen atoms in total. The van der Waals surface area contributed by atoms with Crippen molar-refractivity contribution in [1.29, 1.82) is 0 Å². The highest BCUT2D eigenvalue weighted by molar-refractivity contribution is 7.86. The first-order valence-electron chi connectivity index (χ1n) is 6.55. The van der Waals surface area contributed by atoms with Gasteiger partial charge in [-0.3, -0.25) is 4.79 Å². The molecule has 2 aromatic carbocycles. The summed E-state index contributed by atoms with van der Waals surface area (Å²) in [7, 11) is -3.66. The molecule has 0 radical (unpaired) electrons. The molecule has 0 bridgehead atoms. The molecule has 1 heterocycles. The lowest BCUT2D eigenvalue weighted by Gasteiger charge is -2.03. The molecule has 118 valence electrons. The lowest BCUT2D eigenvalue weighted by molar-refractivity contribution is 0.101. The van der Waals surface area contributed by atoms with Crippen LogP contribution in [-0.2, 0) is 10.1 Å². The number of ketones is 1. The third kappa shape index (κ3) is 3.40. The van der Waals surface area contributed by atoms with Gasteiger partial charge in [-0.05, 0) is 35.9 Å². The molecule has 0 saturated heterocycles. The third-order valence-electron chi connectivity index (χ3n) is 3.06. The molecule has 7 heteroatoms. The predicted octanol–water partition coefficient (Wildman–Crippen LogP) is 2.78. The number of hydrogen-bond donors (Lipinski definition) is 0. The van der Waals surface area contributed by atoms with E-state index in [4.69, 9.17) is 8.92 Å². The summed E-state index contributed by atoms with van der Waals surface area (Å²) >= 11 is 0. The van der Waals surface area contributed by atoms with Crippen LogP contribution in [0.1, 0.15) is 15.9 Å². The second kappa shape index (κ2) is 5.51. The highest BCUT2D eigenvalue weighted by Crippen LogP contribution is 2.35. The molecule has 23 heavy (non-hydrogen) atoms. The highest BCUT2D eigenvalue weighted by Gasteiger charge is 2.28. The van der Waals surface area contributed by atoms with Crippen LogP contribution in [0.15, 0.2) is 48.2 Å². The van der Waals surface area contributed by atoms with Crippen LogP contribution < -0.4 is 8.92 Å². The number of carbonyl (C=O) groups is 1. The van der Waals surface area contributed by atoms with Crippen LogP contribution >= 0.6 is 0 Å². The number of hydrogen-bond acceptors (Lipinski definition) is 5. The first-order chi connectivity index (χ1) is 10.8. The minimum absolute atomic E-state index is 0.0575. The van der Waals surface area contributed by atoms with Crippen molar-refractivity contribution in [2.24, 2.45) is 0 Å². The number of Topliss-reactive ketones (excluding diaryl/α,β-unsaturated/α-hetero) is 1. The highest BCUT2D eigenvalue weighted by atomic mass is 32.2. The first-order valence-corrected chi connectivity index (χ1v) is 8.37. The van der Waals surface area contributed by atoms with Crippen LogP contribution in [0.5, 0.6) is 11.5 Å². The third-order valence-corrected chi connectivity index (χ3v) is 3.55. The normalized spacial score (nSPS) is 15.4. The molecule has 1 aliphatic rings. The van der Waals surface area contributed by atoms with Gasteiger partial charge in [0.1, 0.15) is 17.3 Å². The lowest BCUT2D eigenvalue weighted by Crippen LogP contribution is -2.05. The average Bonchev–Trinajstić information content (AvgIpc) is 2.76. The monoisotopic (exact) mass is 334 g/mol. The minimum atomic E-state index is -3.66. The van der Waals surface area contributed by atoms with Gasteiger partial charge in [0.15, 0.2) is 5.76 Å². The fourth-order valence-corrected chi connectivity index (χ4v) is 2.56. The van der Waals surface area contributed by atoms with Crippen LogP contribution in [-0.4, -0.2) is 20.5 Å². The first kappa shape index (κ1) is 15.2. The van der Waals surface area contributed by atoms with E-state index in [0.717, 1.165) is 6.26 Å². The number of benzene rings is 2. The average molecular weight is 334 g/mol.